The average Bonchev–Trinajstić information content (AvgIpc) is 3.35. The molecule has 73 heavy (non-hydrogen) atoms. The summed E-state index contributed by atoms with van der Waals surface area (Å²) in [5, 5.41) is 2.92. The fourth-order valence-corrected chi connectivity index (χ4v) is 12.5. The summed E-state index contributed by atoms with van der Waals surface area (Å²) >= 11 is 0. The maximum Gasteiger partial charge on any atom is 2.00 e. The second-order valence-corrected chi connectivity index (χ2v) is 24.1. The maximum atomic E-state index is 12.3. The van der Waals surface area contributed by atoms with Crippen molar-refractivity contribution in [2.24, 2.45) is 0 Å². The Morgan fingerprint density at radius 3 is 0.767 bits per heavy atom. The average molecular weight is 1070 g/mol. The summed E-state index contributed by atoms with van der Waals surface area (Å²) in [7, 11) is -9.06. The normalized spacial score (nSPS) is 11.8. The molecular weight excluding hydrogens is 969 g/mol. The molecule has 0 bridgehead atoms. The van der Waals surface area contributed by atoms with Crippen LogP contribution in [0.2, 0.25) is 0 Å². The quantitative estimate of drug-likeness (QED) is 0.0248. The summed E-state index contributed by atoms with van der Waals surface area (Å²) in [4.78, 5) is 0.0435. The molecule has 0 radical (unpaired) electrons. The Bertz CT molecular complexity index is 2090. The zero-order valence-corrected chi connectivity index (χ0v) is 50.9. The van der Waals surface area contributed by atoms with Crippen molar-refractivity contribution in [3.63, 3.8) is 0 Å². The van der Waals surface area contributed by atoms with Gasteiger partial charge in [-0.05, 0) is 107 Å². The van der Waals surface area contributed by atoms with E-state index in [0.29, 0.717) is 34.7 Å². The Morgan fingerprint density at radius 1 is 0.301 bits per heavy atom. The summed E-state index contributed by atoms with van der Waals surface area (Å²) in [5.74, 6) is 0. The first-order chi connectivity index (χ1) is 34.9. The summed E-state index contributed by atoms with van der Waals surface area (Å²) in [5.41, 5.74) is 3.66. The second-order valence-electron chi connectivity index (χ2n) is 21.4. The molecule has 0 saturated heterocycles. The zero-order valence-electron chi connectivity index (χ0n) is 47.0. The standard InChI is InChI=1S/2C32H52O3S.Ca/c2*1-3-5-7-9-11-13-15-17-19-21-28-23-24-29-25-26-30(32(31(29)27-28)36(33,34)35)22-20-18-16-14-12-10-8-6-4-2;/h2*23-27H,3-22H2,1-2H3,(H,33,34,35);/q;;+2/p-2. The third kappa shape index (κ3) is 29.2. The molecule has 4 aromatic carbocycles. The van der Waals surface area contributed by atoms with Crippen LogP contribution in [0.4, 0.5) is 0 Å². The van der Waals surface area contributed by atoms with E-state index in [0.717, 1.165) is 73.3 Å². The van der Waals surface area contributed by atoms with E-state index in [1.54, 1.807) is 0 Å². The van der Waals surface area contributed by atoms with E-state index in [2.05, 4.69) is 39.8 Å². The Hall–Kier alpha value is -1.52. The van der Waals surface area contributed by atoms with Gasteiger partial charge < -0.3 is 9.11 Å². The van der Waals surface area contributed by atoms with Gasteiger partial charge in [0.1, 0.15) is 20.2 Å². The molecular formula is C64H102CaO6S2. The van der Waals surface area contributed by atoms with Gasteiger partial charge in [-0.15, -0.1) is 0 Å². The molecule has 408 valence electrons. The molecule has 0 N–H and O–H groups in total. The summed E-state index contributed by atoms with van der Waals surface area (Å²) in [6.07, 6.45) is 48.3. The third-order valence-corrected chi connectivity index (χ3v) is 16.9. The van der Waals surface area contributed by atoms with Gasteiger partial charge in [0.2, 0.25) is 0 Å². The van der Waals surface area contributed by atoms with Gasteiger partial charge in [-0.2, -0.15) is 0 Å². The Kier molecular flexibility index (Phi) is 38.5. The van der Waals surface area contributed by atoms with E-state index in [1.807, 2.05) is 48.5 Å². The summed E-state index contributed by atoms with van der Waals surface area (Å²) in [6, 6.07) is 19.8. The fourth-order valence-electron chi connectivity index (χ4n) is 10.6. The summed E-state index contributed by atoms with van der Waals surface area (Å²) < 4.78 is 73.9. The third-order valence-electron chi connectivity index (χ3n) is 15.0. The van der Waals surface area contributed by atoms with Crippen LogP contribution >= 0.6 is 0 Å². The van der Waals surface area contributed by atoms with Crippen molar-refractivity contribution in [1.29, 1.82) is 0 Å². The second kappa shape index (κ2) is 41.6. The monoisotopic (exact) mass is 1070 g/mol. The SMILES string of the molecule is CCCCCCCCCCCc1ccc2ccc(CCCCCCCCCCC)c(S(=O)(=O)[O-])c2c1.CCCCCCCCCCCc1ccc2ccc(CCCCCCCCCCC)c(S(=O)(=O)[O-])c2c1.[Ca+2]. The maximum absolute atomic E-state index is 12.3. The fraction of sp³-hybridized carbons (Fsp3) is 0.688. The van der Waals surface area contributed by atoms with E-state index < -0.39 is 20.2 Å². The van der Waals surface area contributed by atoms with Crippen molar-refractivity contribution in [2.75, 3.05) is 0 Å². The van der Waals surface area contributed by atoms with Crippen LogP contribution in [0.3, 0.4) is 0 Å². The number of aryl methyl sites for hydroxylation is 4. The zero-order chi connectivity index (χ0) is 52.1. The van der Waals surface area contributed by atoms with Crippen molar-refractivity contribution < 1.29 is 25.9 Å². The van der Waals surface area contributed by atoms with Crippen LogP contribution < -0.4 is 0 Å². The first kappa shape index (κ1) is 67.6. The molecule has 0 aliphatic carbocycles. The van der Waals surface area contributed by atoms with Crippen molar-refractivity contribution >= 4 is 79.5 Å². The molecule has 0 fully saturated rings. The topological polar surface area (TPSA) is 114 Å². The molecule has 0 aliphatic rings. The van der Waals surface area contributed by atoms with Crippen LogP contribution in [0.1, 0.15) is 281 Å². The van der Waals surface area contributed by atoms with Crippen molar-refractivity contribution in [3.05, 3.63) is 82.9 Å². The van der Waals surface area contributed by atoms with Gasteiger partial charge in [0.25, 0.3) is 0 Å². The van der Waals surface area contributed by atoms with E-state index in [4.69, 9.17) is 0 Å². The molecule has 4 aromatic rings. The van der Waals surface area contributed by atoms with E-state index in [9.17, 15) is 25.9 Å². The predicted octanol–water partition coefficient (Wildman–Crippen LogP) is 19.4. The first-order valence-electron chi connectivity index (χ1n) is 29.9. The van der Waals surface area contributed by atoms with Crippen LogP contribution in [0.25, 0.3) is 21.5 Å². The number of fused-ring (bicyclic) bond motifs is 2. The molecule has 0 heterocycles. The minimum absolute atomic E-state index is 0. The minimum atomic E-state index is -4.53. The molecule has 0 aromatic heterocycles. The Balaban J connectivity index is 0.000000493. The van der Waals surface area contributed by atoms with Gasteiger partial charge in [-0.1, -0.05) is 282 Å². The van der Waals surface area contributed by atoms with Gasteiger partial charge in [0.15, 0.2) is 0 Å². The molecule has 6 nitrogen and oxygen atoms in total. The number of rotatable bonds is 42. The van der Waals surface area contributed by atoms with Crippen LogP contribution in [0.5, 0.6) is 0 Å². The van der Waals surface area contributed by atoms with Crippen molar-refractivity contribution in [3.8, 4) is 0 Å². The molecule has 0 atom stereocenters. The van der Waals surface area contributed by atoms with E-state index in [1.165, 1.54) is 193 Å². The Morgan fingerprint density at radius 2 is 0.521 bits per heavy atom. The molecule has 0 amide bonds. The number of unbranched alkanes of at least 4 members (excludes halogenated alkanes) is 32. The summed E-state index contributed by atoms with van der Waals surface area (Å²) in [6.45, 7) is 8.98. The van der Waals surface area contributed by atoms with Gasteiger partial charge in [0.05, 0.1) is 9.79 Å². The van der Waals surface area contributed by atoms with Crippen LogP contribution in [-0.4, -0.2) is 63.7 Å². The van der Waals surface area contributed by atoms with Gasteiger partial charge in [-0.3, -0.25) is 0 Å². The van der Waals surface area contributed by atoms with Gasteiger partial charge >= 0.3 is 37.7 Å². The Labute approximate surface area is 478 Å². The smallest absolute Gasteiger partial charge is 0.744 e. The molecule has 0 unspecified atom stereocenters. The largest absolute Gasteiger partial charge is 2.00 e. The van der Waals surface area contributed by atoms with Crippen LogP contribution in [-0.2, 0) is 45.9 Å². The molecule has 4 rings (SSSR count). The minimum Gasteiger partial charge on any atom is -0.744 e. The predicted molar refractivity (Wildman–Crippen MR) is 313 cm³/mol. The van der Waals surface area contributed by atoms with Crippen molar-refractivity contribution in [2.45, 2.75) is 294 Å². The number of benzene rings is 4. The van der Waals surface area contributed by atoms with Crippen molar-refractivity contribution in [1.82, 2.24) is 0 Å². The number of hydrogen-bond acceptors (Lipinski definition) is 6. The van der Waals surface area contributed by atoms with Gasteiger partial charge in [0, 0.05) is 0 Å². The first-order valence-corrected chi connectivity index (χ1v) is 32.8. The van der Waals surface area contributed by atoms with Gasteiger partial charge in [-0.25, -0.2) is 16.8 Å². The molecule has 0 spiro atoms. The van der Waals surface area contributed by atoms with E-state index in [-0.39, 0.29) is 47.5 Å². The van der Waals surface area contributed by atoms with Crippen LogP contribution in [0, 0.1) is 0 Å². The molecule has 0 saturated carbocycles. The van der Waals surface area contributed by atoms with E-state index >= 15 is 0 Å². The van der Waals surface area contributed by atoms with Crippen LogP contribution in [0.15, 0.2) is 70.5 Å². The molecule has 0 aliphatic heterocycles. The number of hydrogen-bond donors (Lipinski definition) is 0. The molecule has 9 heteroatoms.